The number of sulfonamides is 1. The maximum Gasteiger partial charge on any atom is 0.265 e. The van der Waals surface area contributed by atoms with Gasteiger partial charge in [0, 0.05) is 5.56 Å². The number of allylic oxidation sites excluding steroid dienone is 2. The summed E-state index contributed by atoms with van der Waals surface area (Å²) in [4.78, 5) is -0.129. The summed E-state index contributed by atoms with van der Waals surface area (Å²) in [6, 6.07) is 22.0. The van der Waals surface area contributed by atoms with Crippen LogP contribution in [0.3, 0.4) is 0 Å². The number of nitrogens with zero attached hydrogens (tertiary/aromatic N) is 2. The topological polar surface area (TPSA) is 96.4 Å². The number of hydrogen-bond donors (Lipinski definition) is 1. The third kappa shape index (κ3) is 3.42. The Labute approximate surface area is 197 Å². The SMILES string of the molecule is Cc1cccc(CN2c3ccccc3C3=C([C@H](c4cccc(F)c4)C(C#N)=C(N)O3)S2(=O)=O)c1. The second-order valence-electron chi connectivity index (χ2n) is 8.19. The van der Waals surface area contributed by atoms with Crippen molar-refractivity contribution in [1.82, 2.24) is 0 Å². The third-order valence-electron chi connectivity index (χ3n) is 5.95. The zero-order chi connectivity index (χ0) is 24.0. The van der Waals surface area contributed by atoms with E-state index in [-0.39, 0.29) is 28.7 Å². The van der Waals surface area contributed by atoms with Crippen LogP contribution in [0.2, 0.25) is 0 Å². The number of ether oxygens (including phenoxy) is 1. The first-order chi connectivity index (χ1) is 16.3. The second-order valence-corrected chi connectivity index (χ2v) is 10.0. The molecule has 2 heterocycles. The minimum atomic E-state index is -4.20. The minimum absolute atomic E-state index is 0.0573. The van der Waals surface area contributed by atoms with Crippen LogP contribution >= 0.6 is 0 Å². The van der Waals surface area contributed by atoms with E-state index >= 15 is 0 Å². The normalized spacial score (nSPS) is 18.6. The van der Waals surface area contributed by atoms with Crippen molar-refractivity contribution in [1.29, 1.82) is 5.26 Å². The molecule has 3 aromatic rings. The van der Waals surface area contributed by atoms with Crippen molar-refractivity contribution >= 4 is 21.5 Å². The molecule has 0 saturated carbocycles. The molecule has 170 valence electrons. The van der Waals surface area contributed by atoms with Gasteiger partial charge in [-0.25, -0.2) is 12.8 Å². The summed E-state index contributed by atoms with van der Waals surface area (Å²) >= 11 is 0. The number of fused-ring (bicyclic) bond motifs is 2. The molecular weight excluding hydrogens is 453 g/mol. The Morgan fingerprint density at radius 2 is 1.85 bits per heavy atom. The van der Waals surface area contributed by atoms with E-state index in [9.17, 15) is 18.1 Å². The molecule has 3 aromatic carbocycles. The van der Waals surface area contributed by atoms with Gasteiger partial charge in [0.15, 0.2) is 5.76 Å². The number of nitriles is 1. The van der Waals surface area contributed by atoms with Gasteiger partial charge >= 0.3 is 0 Å². The Kier molecular flexibility index (Phi) is 5.14. The predicted octanol–water partition coefficient (Wildman–Crippen LogP) is 4.66. The summed E-state index contributed by atoms with van der Waals surface area (Å²) in [5.74, 6) is -1.80. The number of halogens is 1. The minimum Gasteiger partial charge on any atom is -0.439 e. The van der Waals surface area contributed by atoms with Crippen molar-refractivity contribution in [3.8, 4) is 6.07 Å². The molecule has 2 aliphatic rings. The van der Waals surface area contributed by atoms with Gasteiger partial charge in [0.05, 0.1) is 18.2 Å². The van der Waals surface area contributed by atoms with E-state index in [1.54, 1.807) is 30.3 Å². The van der Waals surface area contributed by atoms with E-state index in [0.717, 1.165) is 11.1 Å². The summed E-state index contributed by atoms with van der Waals surface area (Å²) in [5.41, 5.74) is 9.07. The van der Waals surface area contributed by atoms with Crippen molar-refractivity contribution in [3.63, 3.8) is 0 Å². The quantitative estimate of drug-likeness (QED) is 0.597. The van der Waals surface area contributed by atoms with Crippen LogP contribution in [0.4, 0.5) is 10.1 Å². The molecule has 0 aromatic heterocycles. The molecule has 0 aliphatic carbocycles. The molecule has 6 nitrogen and oxygen atoms in total. The Hall–Kier alpha value is -4.09. The largest absolute Gasteiger partial charge is 0.439 e. The highest BCUT2D eigenvalue weighted by Crippen LogP contribution is 2.51. The fourth-order valence-corrected chi connectivity index (χ4v) is 6.39. The number of benzene rings is 3. The average molecular weight is 474 g/mol. The first-order valence-electron chi connectivity index (χ1n) is 10.6. The molecule has 2 aliphatic heterocycles. The molecule has 0 saturated heterocycles. The lowest BCUT2D eigenvalue weighted by atomic mass is 9.88. The Bertz CT molecular complexity index is 1540. The average Bonchev–Trinajstić information content (AvgIpc) is 2.81. The van der Waals surface area contributed by atoms with E-state index in [1.807, 2.05) is 37.3 Å². The van der Waals surface area contributed by atoms with Gasteiger partial charge in [0.2, 0.25) is 5.88 Å². The number of nitrogens with two attached hydrogens (primary N) is 1. The monoisotopic (exact) mass is 473 g/mol. The fraction of sp³-hybridized carbons (Fsp3) is 0.115. The summed E-state index contributed by atoms with van der Waals surface area (Å²) in [7, 11) is -4.20. The van der Waals surface area contributed by atoms with Gasteiger partial charge < -0.3 is 10.5 Å². The molecule has 0 radical (unpaired) electrons. The van der Waals surface area contributed by atoms with Crippen LogP contribution in [0.15, 0.2) is 89.2 Å². The standard InChI is InChI=1S/C26H20FN3O3S/c1-16-6-4-7-17(12-16)15-30-22-11-3-2-10-20(22)24-25(34(30,31)32)23(21(14-28)26(29)33-24)18-8-5-9-19(27)13-18/h2-13,23H,15,29H2,1H3/t23-/m1/s1. The van der Waals surface area contributed by atoms with E-state index in [1.165, 1.54) is 22.5 Å². The summed E-state index contributed by atoms with van der Waals surface area (Å²) in [6.07, 6.45) is 0. The van der Waals surface area contributed by atoms with E-state index in [0.29, 0.717) is 16.8 Å². The lowest BCUT2D eigenvalue weighted by Crippen LogP contribution is -2.39. The molecular formula is C26H20FN3O3S. The van der Waals surface area contributed by atoms with Gasteiger partial charge in [0.25, 0.3) is 10.0 Å². The van der Waals surface area contributed by atoms with Crippen LogP contribution in [0, 0.1) is 24.1 Å². The van der Waals surface area contributed by atoms with Crippen LogP contribution in [0.5, 0.6) is 0 Å². The molecule has 34 heavy (non-hydrogen) atoms. The molecule has 1 atom stereocenters. The van der Waals surface area contributed by atoms with Gasteiger partial charge in [-0.1, -0.05) is 54.1 Å². The smallest absolute Gasteiger partial charge is 0.265 e. The Morgan fingerprint density at radius 3 is 2.59 bits per heavy atom. The molecule has 8 heteroatoms. The predicted molar refractivity (Wildman–Crippen MR) is 127 cm³/mol. The van der Waals surface area contributed by atoms with Crippen LogP contribution in [0.25, 0.3) is 5.76 Å². The van der Waals surface area contributed by atoms with Crippen LogP contribution < -0.4 is 10.0 Å². The zero-order valence-corrected chi connectivity index (χ0v) is 19.0. The van der Waals surface area contributed by atoms with Gasteiger partial charge in [-0.05, 0) is 42.3 Å². The van der Waals surface area contributed by atoms with Gasteiger partial charge in [0.1, 0.15) is 22.4 Å². The van der Waals surface area contributed by atoms with E-state index < -0.39 is 21.8 Å². The zero-order valence-electron chi connectivity index (χ0n) is 18.2. The van der Waals surface area contributed by atoms with Crippen molar-refractivity contribution in [3.05, 3.63) is 117 Å². The van der Waals surface area contributed by atoms with Crippen molar-refractivity contribution in [2.45, 2.75) is 19.4 Å². The number of rotatable bonds is 3. The van der Waals surface area contributed by atoms with Crippen LogP contribution in [-0.2, 0) is 21.3 Å². The number of aryl methyl sites for hydroxylation is 1. The number of anilines is 1. The van der Waals surface area contributed by atoms with E-state index in [2.05, 4.69) is 0 Å². The van der Waals surface area contributed by atoms with Crippen molar-refractivity contribution in [2.24, 2.45) is 5.73 Å². The van der Waals surface area contributed by atoms with Crippen molar-refractivity contribution < 1.29 is 17.5 Å². The highest BCUT2D eigenvalue weighted by molar-refractivity contribution is 7.96. The fourth-order valence-electron chi connectivity index (χ4n) is 4.48. The summed E-state index contributed by atoms with van der Waals surface area (Å²) in [5, 5.41) is 9.86. The highest BCUT2D eigenvalue weighted by Gasteiger charge is 2.47. The molecule has 0 spiro atoms. The van der Waals surface area contributed by atoms with Gasteiger partial charge in [-0.3, -0.25) is 4.31 Å². The molecule has 0 unspecified atom stereocenters. The van der Waals surface area contributed by atoms with Crippen molar-refractivity contribution in [2.75, 3.05) is 4.31 Å². The molecule has 0 fully saturated rings. The maximum atomic E-state index is 14.2. The Morgan fingerprint density at radius 1 is 1.09 bits per heavy atom. The highest BCUT2D eigenvalue weighted by atomic mass is 32.2. The van der Waals surface area contributed by atoms with Gasteiger partial charge in [-0.15, -0.1) is 0 Å². The third-order valence-corrected chi connectivity index (χ3v) is 7.83. The van der Waals surface area contributed by atoms with Crippen LogP contribution in [0.1, 0.15) is 28.2 Å². The molecule has 5 rings (SSSR count). The summed E-state index contributed by atoms with van der Waals surface area (Å²) < 4.78 is 49.6. The molecule has 0 bridgehead atoms. The van der Waals surface area contributed by atoms with E-state index in [4.69, 9.17) is 10.5 Å². The Balaban J connectivity index is 1.77. The summed E-state index contributed by atoms with van der Waals surface area (Å²) in [6.45, 7) is 2.01. The van der Waals surface area contributed by atoms with Gasteiger partial charge in [-0.2, -0.15) is 5.26 Å². The second kappa shape index (κ2) is 8.04. The number of para-hydroxylation sites is 1. The molecule has 0 amide bonds. The first kappa shape index (κ1) is 21.7. The van der Waals surface area contributed by atoms with Crippen LogP contribution in [-0.4, -0.2) is 8.42 Å². The lowest BCUT2D eigenvalue weighted by molar-refractivity contribution is 0.357. The first-order valence-corrected chi connectivity index (χ1v) is 12.0. The lowest BCUT2D eigenvalue weighted by Gasteiger charge is -2.38. The number of hydrogen-bond acceptors (Lipinski definition) is 5. The maximum absolute atomic E-state index is 14.2. The molecule has 2 N–H and O–H groups in total.